The van der Waals surface area contributed by atoms with Crippen LogP contribution in [0.25, 0.3) is 0 Å². The predicted octanol–water partition coefficient (Wildman–Crippen LogP) is 0.937. The molecule has 1 amide bonds. The summed E-state index contributed by atoms with van der Waals surface area (Å²) in [6.07, 6.45) is 0.219. The first-order valence-electron chi connectivity index (χ1n) is 6.41. The Hall–Kier alpha value is -2.24. The number of ether oxygens (including phenoxy) is 3. The van der Waals surface area contributed by atoms with Crippen LogP contribution in [0.3, 0.4) is 0 Å². The molecule has 3 rings (SSSR count). The number of esters is 1. The highest BCUT2D eigenvalue weighted by Crippen LogP contribution is 2.33. The monoisotopic (exact) mass is 277 g/mol. The van der Waals surface area contributed by atoms with E-state index < -0.39 is 0 Å². The second kappa shape index (κ2) is 5.03. The van der Waals surface area contributed by atoms with Crippen LogP contribution in [0.2, 0.25) is 0 Å². The van der Waals surface area contributed by atoms with Crippen molar-refractivity contribution < 1.29 is 23.8 Å². The van der Waals surface area contributed by atoms with Gasteiger partial charge in [0.15, 0.2) is 11.5 Å². The van der Waals surface area contributed by atoms with Gasteiger partial charge in [-0.3, -0.25) is 9.59 Å². The van der Waals surface area contributed by atoms with Gasteiger partial charge in [-0.1, -0.05) is 6.07 Å². The van der Waals surface area contributed by atoms with Crippen molar-refractivity contribution in [3.05, 3.63) is 23.8 Å². The van der Waals surface area contributed by atoms with E-state index in [0.29, 0.717) is 24.6 Å². The van der Waals surface area contributed by atoms with E-state index in [9.17, 15) is 9.59 Å². The molecular formula is C14H15NO5. The van der Waals surface area contributed by atoms with Gasteiger partial charge in [-0.15, -0.1) is 0 Å². The molecule has 106 valence electrons. The molecule has 6 heteroatoms. The minimum Gasteiger partial charge on any atom is -0.469 e. The number of benzene rings is 1. The number of carbonyl (C=O) groups is 2. The molecule has 1 unspecified atom stereocenters. The lowest BCUT2D eigenvalue weighted by atomic mass is 10.1. The Morgan fingerprint density at radius 3 is 3.00 bits per heavy atom. The molecule has 0 spiro atoms. The average molecular weight is 277 g/mol. The first-order chi connectivity index (χ1) is 9.67. The predicted molar refractivity (Wildman–Crippen MR) is 68.1 cm³/mol. The zero-order valence-corrected chi connectivity index (χ0v) is 11.1. The van der Waals surface area contributed by atoms with Gasteiger partial charge in [0.25, 0.3) is 0 Å². The lowest BCUT2D eigenvalue weighted by Crippen LogP contribution is -2.26. The van der Waals surface area contributed by atoms with Crippen molar-refractivity contribution >= 4 is 11.9 Å². The summed E-state index contributed by atoms with van der Waals surface area (Å²) in [5.74, 6) is 0.693. The molecule has 1 aromatic carbocycles. The summed E-state index contributed by atoms with van der Waals surface area (Å²) in [5.41, 5.74) is 0.952. The van der Waals surface area contributed by atoms with Crippen LogP contribution in [-0.4, -0.2) is 37.2 Å². The number of rotatable bonds is 3. The zero-order chi connectivity index (χ0) is 14.1. The third-order valence-electron chi connectivity index (χ3n) is 3.56. The molecule has 20 heavy (non-hydrogen) atoms. The van der Waals surface area contributed by atoms with E-state index in [1.165, 1.54) is 7.11 Å². The SMILES string of the molecule is COC(=O)C1CC(=O)N(Cc2ccc3c(c2)OCO3)C1. The van der Waals surface area contributed by atoms with Crippen LogP contribution in [0.4, 0.5) is 0 Å². The fraction of sp³-hybridized carbons (Fsp3) is 0.429. The number of fused-ring (bicyclic) bond motifs is 1. The molecule has 0 bridgehead atoms. The van der Waals surface area contributed by atoms with E-state index in [1.54, 1.807) is 4.90 Å². The Bertz CT molecular complexity index is 556. The van der Waals surface area contributed by atoms with Crippen LogP contribution in [0, 0.1) is 5.92 Å². The van der Waals surface area contributed by atoms with Crippen molar-refractivity contribution in [3.63, 3.8) is 0 Å². The summed E-state index contributed by atoms with van der Waals surface area (Å²) in [6, 6.07) is 5.59. The first-order valence-corrected chi connectivity index (χ1v) is 6.41. The second-order valence-electron chi connectivity index (χ2n) is 4.89. The van der Waals surface area contributed by atoms with Gasteiger partial charge in [0.2, 0.25) is 12.7 Å². The van der Waals surface area contributed by atoms with Gasteiger partial charge >= 0.3 is 5.97 Å². The summed E-state index contributed by atoms with van der Waals surface area (Å²) in [5, 5.41) is 0. The Balaban J connectivity index is 1.69. The van der Waals surface area contributed by atoms with Crippen molar-refractivity contribution in [2.45, 2.75) is 13.0 Å². The summed E-state index contributed by atoms with van der Waals surface area (Å²) in [7, 11) is 1.34. The van der Waals surface area contributed by atoms with Crippen LogP contribution in [0.15, 0.2) is 18.2 Å². The van der Waals surface area contributed by atoms with E-state index >= 15 is 0 Å². The maximum absolute atomic E-state index is 11.9. The third-order valence-corrected chi connectivity index (χ3v) is 3.56. The maximum atomic E-state index is 11.9. The number of hydrogen-bond acceptors (Lipinski definition) is 5. The van der Waals surface area contributed by atoms with Gasteiger partial charge in [-0.25, -0.2) is 0 Å². The molecule has 2 heterocycles. The van der Waals surface area contributed by atoms with Gasteiger partial charge in [-0.05, 0) is 17.7 Å². The molecular weight excluding hydrogens is 262 g/mol. The average Bonchev–Trinajstić information content (AvgIpc) is 3.05. The standard InChI is InChI=1S/C14H15NO5/c1-18-14(17)10-5-13(16)15(7-10)6-9-2-3-11-12(4-9)20-8-19-11/h2-4,10H,5-8H2,1H3. The lowest BCUT2D eigenvalue weighted by molar-refractivity contribution is -0.145. The summed E-state index contributed by atoms with van der Waals surface area (Å²) < 4.78 is 15.2. The van der Waals surface area contributed by atoms with E-state index in [1.807, 2.05) is 18.2 Å². The Kier molecular flexibility index (Phi) is 3.22. The molecule has 2 aliphatic heterocycles. The van der Waals surface area contributed by atoms with Crippen molar-refractivity contribution in [1.82, 2.24) is 4.90 Å². The van der Waals surface area contributed by atoms with Crippen LogP contribution < -0.4 is 9.47 Å². The highest BCUT2D eigenvalue weighted by molar-refractivity contribution is 5.86. The van der Waals surface area contributed by atoms with Gasteiger partial charge in [0.1, 0.15) is 0 Å². The molecule has 1 atom stereocenters. The molecule has 2 aliphatic rings. The van der Waals surface area contributed by atoms with Crippen LogP contribution in [0.1, 0.15) is 12.0 Å². The maximum Gasteiger partial charge on any atom is 0.310 e. The quantitative estimate of drug-likeness (QED) is 0.769. The normalized spacial score (nSPS) is 20.4. The number of nitrogens with zero attached hydrogens (tertiary/aromatic N) is 1. The number of amides is 1. The van der Waals surface area contributed by atoms with Crippen LogP contribution in [-0.2, 0) is 20.9 Å². The van der Waals surface area contributed by atoms with Crippen molar-refractivity contribution in [3.8, 4) is 11.5 Å². The minimum absolute atomic E-state index is 0.0296. The van der Waals surface area contributed by atoms with Crippen molar-refractivity contribution in [2.75, 3.05) is 20.4 Å². The largest absolute Gasteiger partial charge is 0.469 e. The Morgan fingerprint density at radius 1 is 1.40 bits per heavy atom. The summed E-state index contributed by atoms with van der Waals surface area (Å²) in [4.78, 5) is 25.0. The number of likely N-dealkylation sites (tertiary alicyclic amines) is 1. The van der Waals surface area contributed by atoms with E-state index in [2.05, 4.69) is 4.74 Å². The van der Waals surface area contributed by atoms with Crippen LogP contribution in [0.5, 0.6) is 11.5 Å². The van der Waals surface area contributed by atoms with Crippen LogP contribution >= 0.6 is 0 Å². The molecule has 0 aromatic heterocycles. The molecule has 0 N–H and O–H groups in total. The van der Waals surface area contributed by atoms with Crippen molar-refractivity contribution in [1.29, 1.82) is 0 Å². The fourth-order valence-electron chi connectivity index (χ4n) is 2.51. The first kappa shape index (κ1) is 12.8. The number of hydrogen-bond donors (Lipinski definition) is 0. The van der Waals surface area contributed by atoms with E-state index in [0.717, 1.165) is 5.56 Å². The topological polar surface area (TPSA) is 65.1 Å². The smallest absolute Gasteiger partial charge is 0.310 e. The lowest BCUT2D eigenvalue weighted by Gasteiger charge is -2.16. The molecule has 0 radical (unpaired) electrons. The molecule has 6 nitrogen and oxygen atoms in total. The van der Waals surface area contributed by atoms with Crippen molar-refractivity contribution in [2.24, 2.45) is 5.92 Å². The molecule has 0 aliphatic carbocycles. The number of methoxy groups -OCH3 is 1. The van der Waals surface area contributed by atoms with Gasteiger partial charge in [0, 0.05) is 19.5 Å². The number of carbonyl (C=O) groups excluding carboxylic acids is 2. The molecule has 0 saturated carbocycles. The Labute approximate surface area is 116 Å². The second-order valence-corrected chi connectivity index (χ2v) is 4.89. The third kappa shape index (κ3) is 2.29. The molecule has 1 saturated heterocycles. The fourth-order valence-corrected chi connectivity index (χ4v) is 2.51. The minimum atomic E-state index is -0.360. The Morgan fingerprint density at radius 2 is 2.20 bits per heavy atom. The highest BCUT2D eigenvalue weighted by Gasteiger charge is 2.35. The molecule has 1 fully saturated rings. The van der Waals surface area contributed by atoms with Gasteiger partial charge < -0.3 is 19.1 Å². The van der Waals surface area contributed by atoms with E-state index in [-0.39, 0.29) is 31.0 Å². The highest BCUT2D eigenvalue weighted by atomic mass is 16.7. The summed E-state index contributed by atoms with van der Waals surface area (Å²) in [6.45, 7) is 1.09. The summed E-state index contributed by atoms with van der Waals surface area (Å²) >= 11 is 0. The van der Waals surface area contributed by atoms with E-state index in [4.69, 9.17) is 9.47 Å². The van der Waals surface area contributed by atoms with Gasteiger partial charge in [-0.2, -0.15) is 0 Å². The van der Waals surface area contributed by atoms with Gasteiger partial charge in [0.05, 0.1) is 13.0 Å². The zero-order valence-electron chi connectivity index (χ0n) is 11.1. The molecule has 1 aromatic rings.